The molecule has 0 aliphatic carbocycles. The molecule has 2 rings (SSSR count). The van der Waals surface area contributed by atoms with E-state index in [1.54, 1.807) is 0 Å². The Morgan fingerprint density at radius 2 is 2.23 bits per heavy atom. The van der Waals surface area contributed by atoms with Crippen molar-refractivity contribution in [1.82, 2.24) is 5.32 Å². The van der Waals surface area contributed by atoms with Gasteiger partial charge < -0.3 is 14.8 Å². The maximum atomic E-state index is 11.3. The number of methoxy groups -OCH3 is 1. The first-order valence-corrected chi connectivity index (χ1v) is 4.67. The quantitative estimate of drug-likeness (QED) is 0.581. The third-order valence-electron chi connectivity index (χ3n) is 3.20. The van der Waals surface area contributed by atoms with E-state index < -0.39 is 0 Å². The third kappa shape index (κ3) is 1.34. The maximum Gasteiger partial charge on any atom is 0.323 e. The Balaban J connectivity index is 2.02. The molecule has 2 aliphatic rings. The number of carbonyl (C=O) groups excluding carboxylic acids is 1. The molecule has 2 heterocycles. The Morgan fingerprint density at radius 3 is 2.69 bits per heavy atom. The lowest BCUT2D eigenvalue weighted by Crippen LogP contribution is -2.67. The SMILES string of the molecule is COC(=O)C1NCC12CCOCC2. The molecule has 1 spiro atoms. The summed E-state index contributed by atoms with van der Waals surface area (Å²) >= 11 is 0. The summed E-state index contributed by atoms with van der Waals surface area (Å²) < 4.78 is 10.0. The molecule has 2 fully saturated rings. The van der Waals surface area contributed by atoms with Gasteiger partial charge in [0.2, 0.25) is 0 Å². The summed E-state index contributed by atoms with van der Waals surface area (Å²) in [6.07, 6.45) is 1.94. The first-order chi connectivity index (χ1) is 6.28. The second-order valence-corrected chi connectivity index (χ2v) is 3.81. The zero-order valence-electron chi connectivity index (χ0n) is 7.84. The highest BCUT2D eigenvalue weighted by Gasteiger charge is 2.51. The molecule has 0 bridgehead atoms. The molecule has 1 N–H and O–H groups in total. The van der Waals surface area contributed by atoms with Crippen LogP contribution in [0.2, 0.25) is 0 Å². The molecule has 0 aromatic carbocycles. The van der Waals surface area contributed by atoms with Gasteiger partial charge in [-0.05, 0) is 12.8 Å². The molecule has 4 nitrogen and oxygen atoms in total. The largest absolute Gasteiger partial charge is 0.468 e. The lowest BCUT2D eigenvalue weighted by molar-refractivity contribution is -0.156. The van der Waals surface area contributed by atoms with Crippen molar-refractivity contribution in [2.75, 3.05) is 26.9 Å². The van der Waals surface area contributed by atoms with Crippen LogP contribution in [0.4, 0.5) is 0 Å². The Kier molecular flexibility index (Phi) is 2.26. The summed E-state index contributed by atoms with van der Waals surface area (Å²) in [5.74, 6) is -0.131. The molecule has 4 heteroatoms. The lowest BCUT2D eigenvalue weighted by atomic mass is 9.68. The second kappa shape index (κ2) is 3.27. The molecule has 0 aromatic heterocycles. The van der Waals surface area contributed by atoms with Gasteiger partial charge in [-0.3, -0.25) is 4.79 Å². The fourth-order valence-electron chi connectivity index (χ4n) is 2.19. The summed E-state index contributed by atoms with van der Waals surface area (Å²) in [4.78, 5) is 11.3. The highest BCUT2D eigenvalue weighted by atomic mass is 16.5. The van der Waals surface area contributed by atoms with E-state index in [0.717, 1.165) is 32.6 Å². The van der Waals surface area contributed by atoms with Crippen LogP contribution < -0.4 is 5.32 Å². The van der Waals surface area contributed by atoms with Gasteiger partial charge in [0.25, 0.3) is 0 Å². The normalized spacial score (nSPS) is 31.0. The molecule has 13 heavy (non-hydrogen) atoms. The Labute approximate surface area is 77.6 Å². The van der Waals surface area contributed by atoms with Crippen LogP contribution in [-0.4, -0.2) is 38.9 Å². The Hall–Kier alpha value is -0.610. The second-order valence-electron chi connectivity index (χ2n) is 3.81. The van der Waals surface area contributed by atoms with Crippen LogP contribution >= 0.6 is 0 Å². The van der Waals surface area contributed by atoms with Gasteiger partial charge in [0.15, 0.2) is 0 Å². The molecule has 74 valence electrons. The fourth-order valence-corrected chi connectivity index (χ4v) is 2.19. The molecular weight excluding hydrogens is 170 g/mol. The van der Waals surface area contributed by atoms with Crippen molar-refractivity contribution < 1.29 is 14.3 Å². The number of ether oxygens (including phenoxy) is 2. The van der Waals surface area contributed by atoms with Gasteiger partial charge in [0.05, 0.1) is 7.11 Å². The molecule has 0 saturated carbocycles. The molecule has 2 saturated heterocycles. The topological polar surface area (TPSA) is 47.6 Å². The van der Waals surface area contributed by atoms with Crippen LogP contribution in [0.3, 0.4) is 0 Å². The summed E-state index contributed by atoms with van der Waals surface area (Å²) in [6.45, 7) is 2.47. The van der Waals surface area contributed by atoms with Crippen molar-refractivity contribution in [3.8, 4) is 0 Å². The number of nitrogens with one attached hydrogen (secondary N) is 1. The van der Waals surface area contributed by atoms with E-state index in [9.17, 15) is 4.79 Å². The van der Waals surface area contributed by atoms with Crippen molar-refractivity contribution >= 4 is 5.97 Å². The van der Waals surface area contributed by atoms with Gasteiger partial charge in [-0.15, -0.1) is 0 Å². The van der Waals surface area contributed by atoms with Gasteiger partial charge in [-0.25, -0.2) is 0 Å². The van der Waals surface area contributed by atoms with E-state index in [-0.39, 0.29) is 17.4 Å². The molecular formula is C9H15NO3. The van der Waals surface area contributed by atoms with Crippen molar-refractivity contribution in [3.05, 3.63) is 0 Å². The maximum absolute atomic E-state index is 11.3. The van der Waals surface area contributed by atoms with E-state index in [2.05, 4.69) is 5.32 Å². The van der Waals surface area contributed by atoms with Gasteiger partial charge in [0.1, 0.15) is 6.04 Å². The Bertz CT molecular complexity index is 211. The van der Waals surface area contributed by atoms with Crippen LogP contribution in [0.25, 0.3) is 0 Å². The summed E-state index contributed by atoms with van der Waals surface area (Å²) in [6, 6.07) is -0.0959. The molecule has 0 amide bonds. The zero-order valence-corrected chi connectivity index (χ0v) is 7.84. The van der Waals surface area contributed by atoms with Crippen LogP contribution in [0, 0.1) is 5.41 Å². The lowest BCUT2D eigenvalue weighted by Gasteiger charge is -2.50. The first-order valence-electron chi connectivity index (χ1n) is 4.67. The highest BCUT2D eigenvalue weighted by molar-refractivity contribution is 5.78. The fraction of sp³-hybridized carbons (Fsp3) is 0.889. The summed E-state index contributed by atoms with van der Waals surface area (Å²) in [5, 5.41) is 3.13. The van der Waals surface area contributed by atoms with Gasteiger partial charge in [-0.1, -0.05) is 0 Å². The molecule has 1 unspecified atom stereocenters. The average Bonchev–Trinajstić information content (AvgIpc) is 2.17. The van der Waals surface area contributed by atoms with Crippen LogP contribution in [0.5, 0.6) is 0 Å². The first kappa shape index (κ1) is 8.97. The number of carbonyl (C=O) groups is 1. The van der Waals surface area contributed by atoms with Crippen LogP contribution in [0.15, 0.2) is 0 Å². The monoisotopic (exact) mass is 185 g/mol. The number of esters is 1. The third-order valence-corrected chi connectivity index (χ3v) is 3.20. The minimum absolute atomic E-state index is 0.0959. The van der Waals surface area contributed by atoms with E-state index in [4.69, 9.17) is 9.47 Å². The predicted octanol–water partition coefficient (Wildman–Crippen LogP) is -0.0720. The smallest absolute Gasteiger partial charge is 0.323 e. The summed E-state index contributed by atoms with van der Waals surface area (Å²) in [7, 11) is 1.44. The molecule has 1 atom stereocenters. The molecule has 0 radical (unpaired) electrons. The standard InChI is InChI=1S/C9H15NO3/c1-12-8(11)7-9(6-10-7)2-4-13-5-3-9/h7,10H,2-6H2,1H3. The van der Waals surface area contributed by atoms with Crippen molar-refractivity contribution in [2.24, 2.45) is 5.41 Å². The van der Waals surface area contributed by atoms with E-state index in [0.29, 0.717) is 0 Å². The predicted molar refractivity (Wildman–Crippen MR) is 46.3 cm³/mol. The van der Waals surface area contributed by atoms with Gasteiger partial charge in [-0.2, -0.15) is 0 Å². The van der Waals surface area contributed by atoms with E-state index in [1.807, 2.05) is 0 Å². The van der Waals surface area contributed by atoms with E-state index >= 15 is 0 Å². The minimum atomic E-state index is -0.131. The van der Waals surface area contributed by atoms with Crippen LogP contribution in [0.1, 0.15) is 12.8 Å². The number of hydrogen-bond donors (Lipinski definition) is 1. The molecule has 2 aliphatic heterocycles. The van der Waals surface area contributed by atoms with E-state index in [1.165, 1.54) is 7.11 Å². The van der Waals surface area contributed by atoms with Gasteiger partial charge >= 0.3 is 5.97 Å². The number of hydrogen-bond acceptors (Lipinski definition) is 4. The molecule has 0 aromatic rings. The highest BCUT2D eigenvalue weighted by Crippen LogP contribution is 2.39. The minimum Gasteiger partial charge on any atom is -0.468 e. The van der Waals surface area contributed by atoms with Crippen molar-refractivity contribution in [2.45, 2.75) is 18.9 Å². The average molecular weight is 185 g/mol. The number of rotatable bonds is 1. The Morgan fingerprint density at radius 1 is 1.54 bits per heavy atom. The van der Waals surface area contributed by atoms with Gasteiger partial charge in [0, 0.05) is 25.2 Å². The zero-order chi connectivity index (χ0) is 9.31. The van der Waals surface area contributed by atoms with Crippen molar-refractivity contribution in [3.63, 3.8) is 0 Å². The van der Waals surface area contributed by atoms with Crippen molar-refractivity contribution in [1.29, 1.82) is 0 Å². The van der Waals surface area contributed by atoms with Crippen LogP contribution in [-0.2, 0) is 14.3 Å². The summed E-state index contributed by atoms with van der Waals surface area (Å²) in [5.41, 5.74) is 0.130.